The molecule has 10 atom stereocenters. The number of aliphatic hydroxyl groups excluding tert-OH is 7. The van der Waals surface area contributed by atoms with Gasteiger partial charge in [-0.1, -0.05) is 12.2 Å². The average Bonchev–Trinajstić information content (AvgIpc) is 2.67. The molecule has 0 bridgehead atoms. The van der Waals surface area contributed by atoms with E-state index < -0.39 is 74.6 Å². The van der Waals surface area contributed by atoms with Gasteiger partial charge < -0.3 is 54.7 Å². The number of hydrogen-bond acceptors (Lipinski definition) is 11. The minimum Gasteiger partial charge on any atom is -0.394 e. The second-order valence-corrected chi connectivity index (χ2v) is 6.41. The summed E-state index contributed by atoms with van der Waals surface area (Å²) >= 11 is 0. The lowest BCUT2D eigenvalue weighted by atomic mass is 9.97. The molecule has 0 spiro atoms. The van der Waals surface area contributed by atoms with E-state index >= 15 is 0 Å². The molecule has 0 aromatic heterocycles. The van der Waals surface area contributed by atoms with Crippen LogP contribution >= 0.6 is 0 Å². The molecule has 0 saturated carbocycles. The summed E-state index contributed by atoms with van der Waals surface area (Å²) in [6.45, 7) is 0.634. The normalized spacial score (nSPS) is 46.1. The van der Waals surface area contributed by atoms with Gasteiger partial charge in [-0.25, -0.2) is 0 Å². The van der Waals surface area contributed by atoms with Crippen LogP contribution in [0.15, 0.2) is 12.2 Å². The second-order valence-electron chi connectivity index (χ2n) is 6.41. The van der Waals surface area contributed by atoms with E-state index in [0.29, 0.717) is 0 Å². The summed E-state index contributed by atoms with van der Waals surface area (Å²) in [4.78, 5) is 0. The summed E-state index contributed by atoms with van der Waals surface area (Å²) in [6, 6.07) is 0. The first kappa shape index (κ1) is 22.6. The van der Waals surface area contributed by atoms with E-state index in [1.54, 1.807) is 19.1 Å². The number of rotatable bonds is 7. The third kappa shape index (κ3) is 5.02. The predicted octanol–water partition coefficient (Wildman–Crippen LogP) is -3.80. The minimum atomic E-state index is -1.70. The van der Waals surface area contributed by atoms with E-state index in [9.17, 15) is 35.7 Å². The molecule has 0 aromatic rings. The molecule has 2 fully saturated rings. The summed E-state index contributed by atoms with van der Waals surface area (Å²) in [7, 11) is 0. The van der Waals surface area contributed by atoms with Crippen molar-refractivity contribution < 1.29 is 54.7 Å². The van der Waals surface area contributed by atoms with Gasteiger partial charge in [0.2, 0.25) is 0 Å². The lowest BCUT2D eigenvalue weighted by Gasteiger charge is -2.45. The molecular weight excluding hydrogens is 368 g/mol. The largest absolute Gasteiger partial charge is 0.394 e. The molecule has 7 N–H and O–H groups in total. The highest BCUT2D eigenvalue weighted by atomic mass is 16.7. The first-order valence-corrected chi connectivity index (χ1v) is 8.66. The second kappa shape index (κ2) is 10.2. The van der Waals surface area contributed by atoms with Gasteiger partial charge in [-0.15, -0.1) is 0 Å². The fourth-order valence-electron chi connectivity index (χ4n) is 2.94. The van der Waals surface area contributed by atoms with Crippen molar-refractivity contribution in [3.63, 3.8) is 0 Å². The van der Waals surface area contributed by atoms with Gasteiger partial charge in [0.1, 0.15) is 48.8 Å². The van der Waals surface area contributed by atoms with Crippen molar-refractivity contribution in [2.24, 2.45) is 0 Å². The van der Waals surface area contributed by atoms with E-state index in [4.69, 9.17) is 18.9 Å². The lowest BCUT2D eigenvalue weighted by Crippen LogP contribution is -2.64. The summed E-state index contributed by atoms with van der Waals surface area (Å²) in [5.74, 6) is 0. The summed E-state index contributed by atoms with van der Waals surface area (Å²) < 4.78 is 21.4. The van der Waals surface area contributed by atoms with Crippen LogP contribution in [0, 0.1) is 0 Å². The number of ether oxygens (including phenoxy) is 4. The molecule has 2 rings (SSSR count). The SMILES string of the molecule is CC=CCO[C@@H]1OC(CO)[C@@H](O[C@@H]2OC(CO)[C@H](O)[C@H](O)C2O)[C@H](O)C1O. The predicted molar refractivity (Wildman–Crippen MR) is 87.2 cm³/mol. The van der Waals surface area contributed by atoms with Gasteiger partial charge in [0, 0.05) is 0 Å². The molecule has 158 valence electrons. The Morgan fingerprint density at radius 1 is 0.778 bits per heavy atom. The van der Waals surface area contributed by atoms with Crippen LogP contribution in [0.3, 0.4) is 0 Å². The molecule has 0 aromatic carbocycles. The smallest absolute Gasteiger partial charge is 0.187 e. The van der Waals surface area contributed by atoms with E-state index in [0.717, 1.165) is 0 Å². The quantitative estimate of drug-likeness (QED) is 0.210. The van der Waals surface area contributed by atoms with Gasteiger partial charge >= 0.3 is 0 Å². The van der Waals surface area contributed by atoms with Crippen molar-refractivity contribution in [3.05, 3.63) is 12.2 Å². The van der Waals surface area contributed by atoms with Crippen molar-refractivity contribution in [1.82, 2.24) is 0 Å². The molecule has 0 aliphatic carbocycles. The highest BCUT2D eigenvalue weighted by Gasteiger charge is 2.50. The molecule has 2 aliphatic heterocycles. The van der Waals surface area contributed by atoms with E-state index in [1.807, 2.05) is 0 Å². The maximum Gasteiger partial charge on any atom is 0.187 e. The van der Waals surface area contributed by atoms with Crippen LogP contribution in [0.4, 0.5) is 0 Å². The Morgan fingerprint density at radius 3 is 1.96 bits per heavy atom. The third-order valence-corrected chi connectivity index (χ3v) is 4.55. The van der Waals surface area contributed by atoms with Crippen molar-refractivity contribution in [1.29, 1.82) is 0 Å². The first-order chi connectivity index (χ1) is 12.8. The van der Waals surface area contributed by atoms with Gasteiger partial charge in [-0.2, -0.15) is 0 Å². The van der Waals surface area contributed by atoms with E-state index in [1.165, 1.54) is 0 Å². The Kier molecular flexibility index (Phi) is 8.52. The Hall–Kier alpha value is -0.700. The van der Waals surface area contributed by atoms with Gasteiger partial charge in [0.15, 0.2) is 12.6 Å². The Morgan fingerprint density at radius 2 is 1.37 bits per heavy atom. The molecule has 0 radical (unpaired) electrons. The van der Waals surface area contributed by atoms with Crippen molar-refractivity contribution in [2.75, 3.05) is 19.8 Å². The number of aliphatic hydroxyl groups is 7. The molecule has 27 heavy (non-hydrogen) atoms. The molecule has 4 unspecified atom stereocenters. The molecule has 11 heteroatoms. The van der Waals surface area contributed by atoms with Gasteiger partial charge in [-0.3, -0.25) is 0 Å². The van der Waals surface area contributed by atoms with Crippen molar-refractivity contribution in [3.8, 4) is 0 Å². The van der Waals surface area contributed by atoms with Gasteiger partial charge in [0.05, 0.1) is 19.8 Å². The summed E-state index contributed by atoms with van der Waals surface area (Å²) in [5.41, 5.74) is 0. The van der Waals surface area contributed by atoms with E-state index in [2.05, 4.69) is 0 Å². The van der Waals surface area contributed by atoms with Crippen LogP contribution in [-0.4, -0.2) is 117 Å². The van der Waals surface area contributed by atoms with Crippen molar-refractivity contribution >= 4 is 0 Å². The molecular formula is C16H28O11. The first-order valence-electron chi connectivity index (χ1n) is 8.66. The maximum absolute atomic E-state index is 10.4. The Balaban J connectivity index is 2.08. The number of hydrogen-bond donors (Lipinski definition) is 7. The molecule has 2 saturated heterocycles. The summed E-state index contributed by atoms with van der Waals surface area (Å²) in [6.07, 6.45) is -11.1. The zero-order chi connectivity index (χ0) is 20.1. The minimum absolute atomic E-state index is 0.112. The fourth-order valence-corrected chi connectivity index (χ4v) is 2.94. The molecule has 2 heterocycles. The average molecular weight is 396 g/mol. The zero-order valence-corrected chi connectivity index (χ0v) is 14.8. The highest BCUT2D eigenvalue weighted by Crippen LogP contribution is 2.29. The van der Waals surface area contributed by atoms with E-state index in [-0.39, 0.29) is 6.61 Å². The third-order valence-electron chi connectivity index (χ3n) is 4.55. The molecule has 0 amide bonds. The molecule has 2 aliphatic rings. The maximum atomic E-state index is 10.4. The fraction of sp³-hybridized carbons (Fsp3) is 0.875. The Labute approximate surface area is 156 Å². The van der Waals surface area contributed by atoms with Crippen molar-refractivity contribution in [2.45, 2.75) is 68.3 Å². The Bertz CT molecular complexity index is 471. The van der Waals surface area contributed by atoms with Crippen LogP contribution in [-0.2, 0) is 18.9 Å². The highest BCUT2D eigenvalue weighted by molar-refractivity contribution is 4.94. The zero-order valence-electron chi connectivity index (χ0n) is 14.8. The standard InChI is InChI=1S/C16H28O11/c1-2-3-4-24-15-13(23)11(21)14(8(6-18)26-15)27-16-12(22)10(20)9(19)7(5-17)25-16/h2-3,7-23H,4-6H2,1H3/t7?,8?,9-,10-,11+,12?,13?,14+,15+,16-/m0/s1. The topological polar surface area (TPSA) is 179 Å². The van der Waals surface area contributed by atoms with Gasteiger partial charge in [0.25, 0.3) is 0 Å². The van der Waals surface area contributed by atoms with Gasteiger partial charge in [-0.05, 0) is 6.92 Å². The van der Waals surface area contributed by atoms with Crippen LogP contribution < -0.4 is 0 Å². The lowest BCUT2D eigenvalue weighted by molar-refractivity contribution is -0.358. The number of allylic oxidation sites excluding steroid dienone is 1. The van der Waals surface area contributed by atoms with Crippen LogP contribution in [0.1, 0.15) is 6.92 Å². The van der Waals surface area contributed by atoms with Crippen LogP contribution in [0.5, 0.6) is 0 Å². The van der Waals surface area contributed by atoms with Crippen LogP contribution in [0.2, 0.25) is 0 Å². The monoisotopic (exact) mass is 396 g/mol. The van der Waals surface area contributed by atoms with Crippen LogP contribution in [0.25, 0.3) is 0 Å². The summed E-state index contributed by atoms with van der Waals surface area (Å²) in [5, 5.41) is 68.9. The molecule has 11 nitrogen and oxygen atoms in total.